The number of nitrogens with one attached hydrogen (secondary N) is 1. The molecule has 0 fully saturated rings. The molecule has 11 nitrogen and oxygen atoms in total. The van der Waals surface area contributed by atoms with E-state index in [-0.39, 0.29) is 34.7 Å². The fourth-order valence-electron chi connectivity index (χ4n) is 4.99. The van der Waals surface area contributed by atoms with E-state index in [1.165, 1.54) is 29.2 Å². The molecule has 1 N–H and O–H groups in total. The molecule has 6 rings (SSSR count). The van der Waals surface area contributed by atoms with E-state index in [2.05, 4.69) is 35.7 Å². The summed E-state index contributed by atoms with van der Waals surface area (Å²) in [6.07, 6.45) is 0.900. The summed E-state index contributed by atoms with van der Waals surface area (Å²) in [6, 6.07) is 3.11. The van der Waals surface area contributed by atoms with Crippen LogP contribution in [0, 0.1) is 5.95 Å². The Morgan fingerprint density at radius 3 is 2.55 bits per heavy atom. The Balaban J connectivity index is 1.40. The predicted octanol–water partition coefficient (Wildman–Crippen LogP) is 3.89. The molecule has 0 unspecified atom stereocenters. The summed E-state index contributed by atoms with van der Waals surface area (Å²) in [4.78, 5) is 22.2. The number of alkyl halides is 5. The van der Waals surface area contributed by atoms with Crippen molar-refractivity contribution in [2.24, 2.45) is 0 Å². The topological polar surface area (TPSA) is 121 Å². The second-order valence-electron chi connectivity index (χ2n) is 9.25. The maximum atomic E-state index is 14.1. The van der Waals surface area contributed by atoms with E-state index in [0.717, 1.165) is 18.5 Å². The number of fused-ring (bicyclic) bond motifs is 3. The molecule has 0 spiro atoms. The second kappa shape index (κ2) is 8.85. The molecule has 5 aromatic rings. The van der Waals surface area contributed by atoms with Gasteiger partial charge in [0.15, 0.2) is 11.5 Å². The van der Waals surface area contributed by atoms with Crippen molar-refractivity contribution in [2.45, 2.75) is 37.4 Å². The molecule has 0 aromatic carbocycles. The van der Waals surface area contributed by atoms with Gasteiger partial charge in [-0.25, -0.2) is 19.2 Å². The van der Waals surface area contributed by atoms with Gasteiger partial charge in [-0.1, -0.05) is 0 Å². The Labute approximate surface area is 219 Å². The largest absolute Gasteiger partial charge is 0.420 e. The lowest BCUT2D eigenvalue weighted by atomic mass is 9.82. The standard InChI is InChI=1S/C23H16F6N10O/c1-22(15-2-5-37(35-15)21(25)26)8-12(13-10-30-17-7-16(24)36-38(17)18(13)22)20(40)34-11-6-14(23(27,28)29)19(31-9-11)39-32-3-4-33-39/h2-7,9-10,12,21H,8H2,1H3,(H,34,40)/t12-,22-/m0/s1. The average molecular weight is 562 g/mol. The molecule has 1 aliphatic carbocycles. The number of carbonyl (C=O) groups is 1. The normalized spacial score (nSPS) is 18.9. The molecule has 0 saturated carbocycles. The van der Waals surface area contributed by atoms with Crippen LogP contribution < -0.4 is 5.32 Å². The minimum atomic E-state index is -4.85. The van der Waals surface area contributed by atoms with Crippen LogP contribution in [0.25, 0.3) is 11.5 Å². The van der Waals surface area contributed by atoms with Gasteiger partial charge in [0, 0.05) is 24.0 Å². The zero-order chi connectivity index (χ0) is 28.4. The molecule has 1 aliphatic rings. The number of rotatable bonds is 5. The maximum absolute atomic E-state index is 14.1. The van der Waals surface area contributed by atoms with Crippen molar-refractivity contribution >= 4 is 17.2 Å². The highest BCUT2D eigenvalue weighted by atomic mass is 19.4. The van der Waals surface area contributed by atoms with Gasteiger partial charge in [0.2, 0.25) is 11.9 Å². The van der Waals surface area contributed by atoms with Gasteiger partial charge in [-0.15, -0.1) is 9.90 Å². The second-order valence-corrected chi connectivity index (χ2v) is 9.25. The van der Waals surface area contributed by atoms with E-state index in [9.17, 15) is 31.1 Å². The molecule has 17 heteroatoms. The fourth-order valence-corrected chi connectivity index (χ4v) is 4.99. The molecule has 40 heavy (non-hydrogen) atoms. The van der Waals surface area contributed by atoms with Crippen LogP contribution in [0.3, 0.4) is 0 Å². The fraction of sp³-hybridized carbons (Fsp3) is 0.261. The number of carbonyl (C=O) groups excluding carboxylic acids is 1. The van der Waals surface area contributed by atoms with Gasteiger partial charge in [0.25, 0.3) is 0 Å². The number of halogens is 6. The van der Waals surface area contributed by atoms with Gasteiger partial charge in [0.1, 0.15) is 5.56 Å². The van der Waals surface area contributed by atoms with Crippen LogP contribution in [0.15, 0.2) is 49.2 Å². The first-order valence-electron chi connectivity index (χ1n) is 11.6. The Hall–Kier alpha value is -4.83. The van der Waals surface area contributed by atoms with E-state index in [1.54, 1.807) is 6.92 Å². The third-order valence-corrected chi connectivity index (χ3v) is 6.73. The average Bonchev–Trinajstić information content (AvgIpc) is 3.68. The van der Waals surface area contributed by atoms with E-state index in [1.807, 2.05) is 0 Å². The number of nitrogens with zero attached hydrogens (tertiary/aromatic N) is 9. The van der Waals surface area contributed by atoms with Crippen molar-refractivity contribution < 1.29 is 31.1 Å². The lowest BCUT2D eigenvalue weighted by Crippen LogP contribution is -2.26. The zero-order valence-corrected chi connectivity index (χ0v) is 20.2. The number of hydrogen-bond acceptors (Lipinski definition) is 7. The molecular weight excluding hydrogens is 546 g/mol. The van der Waals surface area contributed by atoms with Crippen LogP contribution in [-0.2, 0) is 16.4 Å². The van der Waals surface area contributed by atoms with Gasteiger partial charge in [-0.05, 0) is 25.5 Å². The lowest BCUT2D eigenvalue weighted by Gasteiger charge is -2.23. The Morgan fingerprint density at radius 1 is 1.12 bits per heavy atom. The summed E-state index contributed by atoms with van der Waals surface area (Å²) in [5, 5.41) is 17.6. The maximum Gasteiger partial charge on any atom is 0.420 e. The Kier molecular flexibility index (Phi) is 5.63. The van der Waals surface area contributed by atoms with E-state index in [0.29, 0.717) is 15.5 Å². The van der Waals surface area contributed by atoms with Gasteiger partial charge in [-0.2, -0.15) is 41.6 Å². The van der Waals surface area contributed by atoms with Gasteiger partial charge >= 0.3 is 12.7 Å². The monoisotopic (exact) mass is 562 g/mol. The summed E-state index contributed by atoms with van der Waals surface area (Å²) in [5.41, 5.74) is -1.83. The quantitative estimate of drug-likeness (QED) is 0.323. The van der Waals surface area contributed by atoms with E-state index >= 15 is 0 Å². The minimum Gasteiger partial charge on any atom is -0.324 e. The first-order valence-corrected chi connectivity index (χ1v) is 11.6. The molecule has 2 atom stereocenters. The van der Waals surface area contributed by atoms with Crippen molar-refractivity contribution in [3.05, 3.63) is 77.6 Å². The predicted molar refractivity (Wildman–Crippen MR) is 123 cm³/mol. The molecule has 5 aromatic heterocycles. The zero-order valence-electron chi connectivity index (χ0n) is 20.2. The highest BCUT2D eigenvalue weighted by molar-refractivity contribution is 5.97. The molecular formula is C23H16F6N10O. The summed E-state index contributed by atoms with van der Waals surface area (Å²) in [7, 11) is 0. The van der Waals surface area contributed by atoms with E-state index in [4.69, 9.17) is 0 Å². The molecule has 0 radical (unpaired) electrons. The number of amides is 1. The number of pyridine rings is 1. The van der Waals surface area contributed by atoms with Crippen molar-refractivity contribution in [1.82, 2.24) is 44.4 Å². The molecule has 0 aliphatic heterocycles. The van der Waals surface area contributed by atoms with Crippen molar-refractivity contribution in [1.29, 1.82) is 0 Å². The molecule has 206 valence electrons. The third-order valence-electron chi connectivity index (χ3n) is 6.73. The highest BCUT2D eigenvalue weighted by Gasteiger charge is 2.49. The van der Waals surface area contributed by atoms with Crippen LogP contribution in [-0.4, -0.2) is 50.3 Å². The van der Waals surface area contributed by atoms with Crippen LogP contribution in [0.5, 0.6) is 0 Å². The summed E-state index contributed by atoms with van der Waals surface area (Å²) >= 11 is 0. The van der Waals surface area contributed by atoms with Crippen molar-refractivity contribution in [3.8, 4) is 5.82 Å². The van der Waals surface area contributed by atoms with Crippen LogP contribution in [0.2, 0.25) is 0 Å². The molecule has 5 heterocycles. The summed E-state index contributed by atoms with van der Waals surface area (Å²) in [5.74, 6) is -3.21. The number of anilines is 1. The SMILES string of the molecule is C[C@@]1(c2ccn(C(F)F)n2)C[C@H](C(=O)Nc2cnc(-n3nccn3)c(C(F)(F)F)c2)c2cnc3cc(F)nn3c21. The van der Waals surface area contributed by atoms with Crippen molar-refractivity contribution in [2.75, 3.05) is 5.32 Å². The first kappa shape index (κ1) is 25.4. The van der Waals surface area contributed by atoms with Gasteiger partial charge < -0.3 is 5.32 Å². The van der Waals surface area contributed by atoms with Crippen LogP contribution in [0.4, 0.5) is 32.0 Å². The smallest absolute Gasteiger partial charge is 0.324 e. The summed E-state index contributed by atoms with van der Waals surface area (Å²) in [6.45, 7) is -1.29. The Morgan fingerprint density at radius 2 is 1.88 bits per heavy atom. The summed E-state index contributed by atoms with van der Waals surface area (Å²) < 4.78 is 83.7. The molecule has 0 saturated heterocycles. The number of aromatic nitrogens is 9. The van der Waals surface area contributed by atoms with Crippen LogP contribution in [0.1, 0.15) is 48.3 Å². The third kappa shape index (κ3) is 4.04. The van der Waals surface area contributed by atoms with Crippen molar-refractivity contribution in [3.63, 3.8) is 0 Å². The Bertz CT molecular complexity index is 1740. The molecule has 1 amide bonds. The van der Waals surface area contributed by atoms with Gasteiger partial charge in [0.05, 0.1) is 47.0 Å². The highest BCUT2D eigenvalue weighted by Crippen LogP contribution is 2.49. The lowest BCUT2D eigenvalue weighted by molar-refractivity contribution is -0.137. The minimum absolute atomic E-state index is 0.0501. The van der Waals surface area contributed by atoms with E-state index < -0.39 is 47.3 Å². The molecule has 0 bridgehead atoms. The first-order chi connectivity index (χ1) is 19.0. The van der Waals surface area contributed by atoms with Crippen LogP contribution >= 0.6 is 0 Å². The number of hydrogen-bond donors (Lipinski definition) is 1. The van der Waals surface area contributed by atoms with Gasteiger partial charge in [-0.3, -0.25) is 4.79 Å².